The van der Waals surface area contributed by atoms with Crippen LogP contribution in [0.5, 0.6) is 0 Å². The minimum Gasteiger partial charge on any atom is -0.361 e. The van der Waals surface area contributed by atoms with E-state index in [0.29, 0.717) is 6.04 Å². The minimum absolute atomic E-state index is 0. The van der Waals surface area contributed by atoms with E-state index in [1.54, 1.807) is 19.2 Å². The maximum absolute atomic E-state index is 13.4. The smallest absolute Gasteiger partial charge is 0.191 e. The number of nitrogens with one attached hydrogen (secondary N) is 3. The predicted octanol–water partition coefficient (Wildman–Crippen LogP) is 3.82. The average molecular weight is 444 g/mol. The average Bonchev–Trinajstić information content (AvgIpc) is 3.15. The molecule has 24 heavy (non-hydrogen) atoms. The molecule has 0 amide bonds. The van der Waals surface area contributed by atoms with Crippen LogP contribution in [0.25, 0.3) is 10.9 Å². The molecule has 1 aliphatic rings. The standard InChI is InChI=1S/C18H25FN4.HI/c1-3-4-12-9-17(12)23-18(20-2)21-8-7-13-11-22-16-6-5-14(19)10-15(13)16;/h5-6,10-12,17,22H,3-4,7-9H2,1-2H3,(H2,20,21,23);1H. The van der Waals surface area contributed by atoms with Crippen LogP contribution in [0, 0.1) is 11.7 Å². The molecule has 0 aliphatic heterocycles. The van der Waals surface area contributed by atoms with Gasteiger partial charge in [0.15, 0.2) is 5.96 Å². The number of aromatic nitrogens is 1. The summed E-state index contributed by atoms with van der Waals surface area (Å²) in [6.45, 7) is 3.00. The molecule has 2 atom stereocenters. The molecule has 6 heteroatoms. The number of fused-ring (bicyclic) bond motifs is 1. The fourth-order valence-corrected chi connectivity index (χ4v) is 3.16. The second-order valence-electron chi connectivity index (χ2n) is 6.29. The van der Waals surface area contributed by atoms with Gasteiger partial charge in [0.05, 0.1) is 0 Å². The first-order chi connectivity index (χ1) is 11.2. The van der Waals surface area contributed by atoms with Crippen molar-refractivity contribution in [1.29, 1.82) is 0 Å². The zero-order valence-electron chi connectivity index (χ0n) is 14.2. The van der Waals surface area contributed by atoms with Gasteiger partial charge in [0, 0.05) is 36.7 Å². The third kappa shape index (κ3) is 4.62. The molecule has 132 valence electrons. The van der Waals surface area contributed by atoms with Crippen molar-refractivity contribution in [2.45, 2.75) is 38.6 Å². The van der Waals surface area contributed by atoms with Crippen molar-refractivity contribution in [3.05, 3.63) is 35.8 Å². The van der Waals surface area contributed by atoms with Crippen LogP contribution in [0.3, 0.4) is 0 Å². The minimum atomic E-state index is -0.195. The molecule has 3 rings (SSSR count). The lowest BCUT2D eigenvalue weighted by molar-refractivity contribution is 0.629. The van der Waals surface area contributed by atoms with Crippen LogP contribution in [0.15, 0.2) is 29.4 Å². The first-order valence-electron chi connectivity index (χ1n) is 8.44. The van der Waals surface area contributed by atoms with E-state index in [2.05, 4.69) is 27.5 Å². The maximum Gasteiger partial charge on any atom is 0.191 e. The van der Waals surface area contributed by atoms with Gasteiger partial charge in [-0.3, -0.25) is 4.99 Å². The van der Waals surface area contributed by atoms with Crippen LogP contribution >= 0.6 is 24.0 Å². The number of hydrogen-bond donors (Lipinski definition) is 3. The third-order valence-corrected chi connectivity index (χ3v) is 4.54. The van der Waals surface area contributed by atoms with E-state index >= 15 is 0 Å². The van der Waals surface area contributed by atoms with Gasteiger partial charge in [-0.1, -0.05) is 13.3 Å². The number of nitrogens with zero attached hydrogens (tertiary/aromatic N) is 1. The molecule has 1 fully saturated rings. The second-order valence-corrected chi connectivity index (χ2v) is 6.29. The molecule has 2 aromatic rings. The fourth-order valence-electron chi connectivity index (χ4n) is 3.16. The highest BCUT2D eigenvalue weighted by Crippen LogP contribution is 2.34. The molecule has 0 spiro atoms. The first-order valence-corrected chi connectivity index (χ1v) is 8.44. The summed E-state index contributed by atoms with van der Waals surface area (Å²) in [5.74, 6) is 1.47. The Kier molecular flexibility index (Phi) is 6.89. The molecule has 0 radical (unpaired) electrons. The van der Waals surface area contributed by atoms with Crippen LogP contribution in [0.1, 0.15) is 31.7 Å². The molecule has 0 saturated heterocycles. The number of benzene rings is 1. The number of aliphatic imine (C=N–C) groups is 1. The summed E-state index contributed by atoms with van der Waals surface area (Å²) < 4.78 is 13.4. The molecule has 1 aromatic heterocycles. The van der Waals surface area contributed by atoms with Crippen molar-refractivity contribution in [3.63, 3.8) is 0 Å². The Bertz CT molecular complexity index is 697. The van der Waals surface area contributed by atoms with Gasteiger partial charge < -0.3 is 15.6 Å². The number of aromatic amines is 1. The van der Waals surface area contributed by atoms with Crippen molar-refractivity contribution < 1.29 is 4.39 Å². The molecule has 2 unspecified atom stereocenters. The van der Waals surface area contributed by atoms with Crippen molar-refractivity contribution in [2.24, 2.45) is 10.9 Å². The SMILES string of the molecule is CCCC1CC1NC(=NC)NCCc1c[nH]c2ccc(F)cc12.I. The Hall–Kier alpha value is -1.31. The Morgan fingerprint density at radius 1 is 1.42 bits per heavy atom. The molecule has 1 aliphatic carbocycles. The van der Waals surface area contributed by atoms with Crippen molar-refractivity contribution in [3.8, 4) is 0 Å². The van der Waals surface area contributed by atoms with Gasteiger partial charge in [0.1, 0.15) is 5.82 Å². The third-order valence-electron chi connectivity index (χ3n) is 4.54. The molecule has 4 nitrogen and oxygen atoms in total. The van der Waals surface area contributed by atoms with Crippen molar-refractivity contribution in [1.82, 2.24) is 15.6 Å². The van der Waals surface area contributed by atoms with Crippen LogP contribution in [-0.2, 0) is 6.42 Å². The van der Waals surface area contributed by atoms with E-state index in [1.807, 2.05) is 6.20 Å². The van der Waals surface area contributed by atoms with Crippen LogP contribution in [0.2, 0.25) is 0 Å². The fraction of sp³-hybridized carbons (Fsp3) is 0.500. The van der Waals surface area contributed by atoms with Crippen LogP contribution in [0.4, 0.5) is 4.39 Å². The Balaban J connectivity index is 0.00000208. The predicted molar refractivity (Wildman–Crippen MR) is 109 cm³/mol. The zero-order valence-corrected chi connectivity index (χ0v) is 16.6. The molecule has 0 bridgehead atoms. The summed E-state index contributed by atoms with van der Waals surface area (Å²) >= 11 is 0. The van der Waals surface area contributed by atoms with Crippen LogP contribution in [-0.4, -0.2) is 30.6 Å². The highest BCUT2D eigenvalue weighted by Gasteiger charge is 2.36. The number of H-pyrrole nitrogens is 1. The quantitative estimate of drug-likeness (QED) is 0.361. The highest BCUT2D eigenvalue weighted by molar-refractivity contribution is 14.0. The molecule has 1 heterocycles. The molecule has 1 saturated carbocycles. The van der Waals surface area contributed by atoms with E-state index in [4.69, 9.17) is 0 Å². The summed E-state index contributed by atoms with van der Waals surface area (Å²) in [7, 11) is 1.80. The summed E-state index contributed by atoms with van der Waals surface area (Å²) in [4.78, 5) is 7.47. The van der Waals surface area contributed by atoms with E-state index in [0.717, 1.165) is 41.3 Å². The van der Waals surface area contributed by atoms with Crippen LogP contribution < -0.4 is 10.6 Å². The molecule has 1 aromatic carbocycles. The van der Waals surface area contributed by atoms with E-state index in [9.17, 15) is 4.39 Å². The van der Waals surface area contributed by atoms with Gasteiger partial charge in [-0.25, -0.2) is 4.39 Å². The molecular formula is C18H26FIN4. The number of rotatable bonds is 6. The number of halogens is 2. The Morgan fingerprint density at radius 3 is 3.00 bits per heavy atom. The number of hydrogen-bond acceptors (Lipinski definition) is 1. The van der Waals surface area contributed by atoms with Crippen molar-refractivity contribution in [2.75, 3.05) is 13.6 Å². The van der Waals surface area contributed by atoms with Gasteiger partial charge in [0.2, 0.25) is 0 Å². The summed E-state index contributed by atoms with van der Waals surface area (Å²) in [5.41, 5.74) is 2.10. The lowest BCUT2D eigenvalue weighted by atomic mass is 10.1. The van der Waals surface area contributed by atoms with Gasteiger partial charge in [-0.2, -0.15) is 0 Å². The van der Waals surface area contributed by atoms with Gasteiger partial charge in [0.25, 0.3) is 0 Å². The Labute approximate surface area is 159 Å². The largest absolute Gasteiger partial charge is 0.361 e. The molecular weight excluding hydrogens is 418 g/mol. The van der Waals surface area contributed by atoms with E-state index in [-0.39, 0.29) is 29.8 Å². The lowest BCUT2D eigenvalue weighted by Crippen LogP contribution is -2.40. The monoisotopic (exact) mass is 444 g/mol. The topological polar surface area (TPSA) is 52.2 Å². The lowest BCUT2D eigenvalue weighted by Gasteiger charge is -2.11. The summed E-state index contributed by atoms with van der Waals surface area (Å²) in [5, 5.41) is 7.78. The van der Waals surface area contributed by atoms with E-state index < -0.39 is 0 Å². The Morgan fingerprint density at radius 2 is 2.25 bits per heavy atom. The number of guanidine groups is 1. The normalized spacial score (nSPS) is 19.9. The first kappa shape index (κ1) is 19.0. The summed E-state index contributed by atoms with van der Waals surface area (Å²) in [6.07, 6.45) is 6.56. The van der Waals surface area contributed by atoms with Crippen molar-refractivity contribution >= 4 is 40.8 Å². The van der Waals surface area contributed by atoms with Gasteiger partial charge in [-0.15, -0.1) is 24.0 Å². The molecule has 3 N–H and O–H groups in total. The maximum atomic E-state index is 13.4. The van der Waals surface area contributed by atoms with E-state index in [1.165, 1.54) is 25.3 Å². The summed E-state index contributed by atoms with van der Waals surface area (Å²) in [6, 6.07) is 5.43. The van der Waals surface area contributed by atoms with Gasteiger partial charge >= 0.3 is 0 Å². The zero-order chi connectivity index (χ0) is 16.2. The van der Waals surface area contributed by atoms with Gasteiger partial charge in [-0.05, 0) is 48.9 Å². The highest BCUT2D eigenvalue weighted by atomic mass is 127. The second kappa shape index (κ2) is 8.69.